The number of halogens is 3. The van der Waals surface area contributed by atoms with Gasteiger partial charge in [-0.2, -0.15) is 0 Å². The van der Waals surface area contributed by atoms with Crippen LogP contribution >= 0.6 is 0 Å². The van der Waals surface area contributed by atoms with E-state index < -0.39 is 18.4 Å². The molecule has 20 heavy (non-hydrogen) atoms. The number of unbranched alkanes of at least 4 members (excludes halogenated alkanes) is 2. The number of carbonyl (C=O) groups excluding carboxylic acids is 1. The van der Waals surface area contributed by atoms with Gasteiger partial charge < -0.3 is 14.6 Å². The maximum absolute atomic E-state index is 10.8. The summed E-state index contributed by atoms with van der Waals surface area (Å²) in [7, 11) is 0. The lowest BCUT2D eigenvalue weighted by Gasteiger charge is -2.09. The Bertz CT molecular complexity index is 277. The van der Waals surface area contributed by atoms with Gasteiger partial charge in [0.15, 0.2) is 0 Å². The smallest absolute Gasteiger partial charge is 0.460 e. The van der Waals surface area contributed by atoms with Gasteiger partial charge >= 0.3 is 12.3 Å². The maximum atomic E-state index is 10.8. The van der Waals surface area contributed by atoms with E-state index in [0.717, 1.165) is 25.3 Å². The van der Waals surface area contributed by atoms with Crippen molar-refractivity contribution in [3.63, 3.8) is 0 Å². The lowest BCUT2D eigenvalue weighted by Crippen LogP contribution is -2.17. The number of ether oxygens (including phenoxy) is 2. The normalized spacial score (nSPS) is 11.7. The molecule has 0 bridgehead atoms. The summed E-state index contributed by atoms with van der Waals surface area (Å²) in [5, 5.41) is 9.31. The molecule has 0 aliphatic heterocycles. The molecule has 0 aliphatic carbocycles. The van der Waals surface area contributed by atoms with Crippen LogP contribution in [0.1, 0.15) is 32.6 Å². The molecule has 0 spiro atoms. The van der Waals surface area contributed by atoms with Crippen molar-refractivity contribution in [3.8, 4) is 0 Å². The lowest BCUT2D eigenvalue weighted by atomic mass is 10.1. The first kappa shape index (κ1) is 20.8. The van der Waals surface area contributed by atoms with E-state index in [2.05, 4.69) is 29.6 Å². The van der Waals surface area contributed by atoms with Crippen LogP contribution in [0.4, 0.5) is 13.2 Å². The van der Waals surface area contributed by atoms with Crippen molar-refractivity contribution in [2.45, 2.75) is 45.1 Å². The van der Waals surface area contributed by atoms with E-state index in [1.165, 1.54) is 0 Å². The van der Waals surface area contributed by atoms with E-state index in [0.29, 0.717) is 12.7 Å². The number of esters is 1. The predicted molar refractivity (Wildman–Crippen MR) is 68.6 cm³/mol. The van der Waals surface area contributed by atoms with Crippen LogP contribution in [0.5, 0.6) is 0 Å². The zero-order chi connectivity index (χ0) is 16.0. The number of aliphatic hydroxyl groups excluding tert-OH is 1. The number of hydrogen-bond acceptors (Lipinski definition) is 4. The van der Waals surface area contributed by atoms with Gasteiger partial charge in [-0.1, -0.05) is 39.3 Å². The van der Waals surface area contributed by atoms with Crippen LogP contribution in [-0.4, -0.2) is 30.1 Å². The summed E-state index contributed by atoms with van der Waals surface area (Å²) < 4.78 is 40.0. The Hall–Kier alpha value is -1.50. The fourth-order valence-electron chi connectivity index (χ4n) is 1.05. The largest absolute Gasteiger partial charge is 0.572 e. The Morgan fingerprint density at radius 2 is 1.95 bits per heavy atom. The molecule has 0 aromatic heterocycles. The molecule has 0 saturated carbocycles. The first-order valence-electron chi connectivity index (χ1n) is 6.09. The first-order chi connectivity index (χ1) is 9.26. The van der Waals surface area contributed by atoms with E-state index in [1.54, 1.807) is 0 Å². The SMILES string of the molecule is C=CC(=O)OCC(O)CCCCC.C=COC(F)(F)F. The van der Waals surface area contributed by atoms with Gasteiger partial charge in [0.05, 0.1) is 12.4 Å². The van der Waals surface area contributed by atoms with Gasteiger partial charge in [-0.25, -0.2) is 4.79 Å². The van der Waals surface area contributed by atoms with Crippen molar-refractivity contribution in [3.05, 3.63) is 25.5 Å². The number of alkyl halides is 3. The minimum absolute atomic E-state index is 0.0779. The van der Waals surface area contributed by atoms with Gasteiger partial charge in [0.2, 0.25) is 0 Å². The molecule has 1 N–H and O–H groups in total. The van der Waals surface area contributed by atoms with Crippen LogP contribution in [0.2, 0.25) is 0 Å². The summed E-state index contributed by atoms with van der Waals surface area (Å²) in [6.45, 7) is 8.14. The highest BCUT2D eigenvalue weighted by Gasteiger charge is 2.28. The molecule has 0 aromatic rings. The van der Waals surface area contributed by atoms with E-state index in [9.17, 15) is 23.1 Å². The Morgan fingerprint density at radius 3 is 2.30 bits per heavy atom. The molecule has 0 saturated heterocycles. The maximum Gasteiger partial charge on any atom is 0.572 e. The Morgan fingerprint density at radius 1 is 1.35 bits per heavy atom. The topological polar surface area (TPSA) is 55.8 Å². The van der Waals surface area contributed by atoms with Crippen LogP contribution < -0.4 is 0 Å². The van der Waals surface area contributed by atoms with E-state index >= 15 is 0 Å². The molecule has 0 aromatic carbocycles. The predicted octanol–water partition coefficient (Wildman–Crippen LogP) is 3.32. The molecule has 0 amide bonds. The van der Waals surface area contributed by atoms with Crippen LogP contribution in [0.15, 0.2) is 25.5 Å². The molecular formula is C13H21F3O4. The third kappa shape index (κ3) is 18.9. The quantitative estimate of drug-likeness (QED) is 0.323. The summed E-state index contributed by atoms with van der Waals surface area (Å²) >= 11 is 0. The van der Waals surface area contributed by atoms with Crippen molar-refractivity contribution < 1.29 is 32.5 Å². The zero-order valence-corrected chi connectivity index (χ0v) is 11.5. The molecule has 1 atom stereocenters. The summed E-state index contributed by atoms with van der Waals surface area (Å²) in [5.41, 5.74) is 0. The summed E-state index contributed by atoms with van der Waals surface area (Å²) in [4.78, 5) is 10.6. The van der Waals surface area contributed by atoms with Crippen LogP contribution in [0, 0.1) is 0 Å². The van der Waals surface area contributed by atoms with Gasteiger partial charge in [0, 0.05) is 6.08 Å². The second kappa shape index (κ2) is 12.5. The molecule has 0 radical (unpaired) electrons. The van der Waals surface area contributed by atoms with Crippen molar-refractivity contribution in [2.75, 3.05) is 6.61 Å². The Balaban J connectivity index is 0. The Labute approximate surface area is 116 Å². The third-order valence-electron chi connectivity index (χ3n) is 1.94. The van der Waals surface area contributed by atoms with Crippen molar-refractivity contribution in [1.82, 2.24) is 0 Å². The second-order valence-corrected chi connectivity index (χ2v) is 3.71. The number of hydrogen-bond donors (Lipinski definition) is 1. The van der Waals surface area contributed by atoms with E-state index in [-0.39, 0.29) is 6.61 Å². The fourth-order valence-corrected chi connectivity index (χ4v) is 1.05. The van der Waals surface area contributed by atoms with E-state index in [1.807, 2.05) is 0 Å². The van der Waals surface area contributed by atoms with Crippen molar-refractivity contribution >= 4 is 5.97 Å². The number of carbonyl (C=O) groups is 1. The minimum atomic E-state index is -4.57. The summed E-state index contributed by atoms with van der Waals surface area (Å²) in [5.74, 6) is -0.477. The summed E-state index contributed by atoms with van der Waals surface area (Å²) in [6.07, 6.45) is 0.226. The van der Waals surface area contributed by atoms with Gasteiger partial charge in [0.1, 0.15) is 6.61 Å². The van der Waals surface area contributed by atoms with Gasteiger partial charge in [-0.05, 0) is 6.42 Å². The molecule has 0 fully saturated rings. The fraction of sp³-hybridized carbons (Fsp3) is 0.615. The first-order valence-corrected chi connectivity index (χ1v) is 6.09. The highest BCUT2D eigenvalue weighted by atomic mass is 19.4. The Kier molecular flexibility index (Phi) is 13.0. The standard InChI is InChI=1S/C10H18O3.C3H3F3O/c1-3-5-6-7-9(11)8-13-10(12)4-2;1-2-7-3(4,5)6/h4,9,11H,2-3,5-8H2,1H3;2H,1H2. The molecule has 118 valence electrons. The van der Waals surface area contributed by atoms with Crippen molar-refractivity contribution in [2.24, 2.45) is 0 Å². The molecule has 0 rings (SSSR count). The van der Waals surface area contributed by atoms with Gasteiger partial charge in [0.25, 0.3) is 0 Å². The summed E-state index contributed by atoms with van der Waals surface area (Å²) in [6, 6.07) is 0. The highest BCUT2D eigenvalue weighted by molar-refractivity contribution is 5.81. The van der Waals surface area contributed by atoms with Gasteiger partial charge in [-0.15, -0.1) is 13.2 Å². The monoisotopic (exact) mass is 298 g/mol. The zero-order valence-electron chi connectivity index (χ0n) is 11.5. The number of rotatable bonds is 8. The molecule has 0 aliphatic rings. The van der Waals surface area contributed by atoms with Crippen molar-refractivity contribution in [1.29, 1.82) is 0 Å². The molecule has 7 heteroatoms. The second-order valence-electron chi connectivity index (χ2n) is 3.71. The highest BCUT2D eigenvalue weighted by Crippen LogP contribution is 2.15. The average Bonchev–Trinajstić information content (AvgIpc) is 2.35. The molecular weight excluding hydrogens is 277 g/mol. The molecule has 4 nitrogen and oxygen atoms in total. The molecule has 0 heterocycles. The third-order valence-corrected chi connectivity index (χ3v) is 1.94. The average molecular weight is 298 g/mol. The minimum Gasteiger partial charge on any atom is -0.460 e. The van der Waals surface area contributed by atoms with Crippen LogP contribution in [0.25, 0.3) is 0 Å². The molecule has 1 unspecified atom stereocenters. The van der Waals surface area contributed by atoms with Gasteiger partial charge in [-0.3, -0.25) is 0 Å². The van der Waals surface area contributed by atoms with Crippen LogP contribution in [-0.2, 0) is 14.3 Å². The van der Waals surface area contributed by atoms with Crippen LogP contribution in [0.3, 0.4) is 0 Å². The number of aliphatic hydroxyl groups is 1. The van der Waals surface area contributed by atoms with E-state index in [4.69, 9.17) is 0 Å². The lowest BCUT2D eigenvalue weighted by molar-refractivity contribution is -0.297.